The number of nitrogens with one attached hydrogen (secondary N) is 1. The van der Waals surface area contributed by atoms with Crippen LogP contribution in [0, 0.1) is 0 Å². The molecule has 118 valence electrons. The fourth-order valence-corrected chi connectivity index (χ4v) is 2.54. The van der Waals surface area contributed by atoms with Gasteiger partial charge in [0.05, 0.1) is 15.7 Å². The van der Waals surface area contributed by atoms with Crippen molar-refractivity contribution < 1.29 is 22.9 Å². The van der Waals surface area contributed by atoms with Crippen LogP contribution >= 0.6 is 11.6 Å². The van der Waals surface area contributed by atoms with Gasteiger partial charge in [0.15, 0.2) is 0 Å². The molecule has 1 aromatic carbocycles. The Morgan fingerprint density at radius 1 is 1.33 bits per heavy atom. The van der Waals surface area contributed by atoms with Crippen LogP contribution in [-0.2, 0) is 15.8 Å². The number of hydrogen-bond acceptors (Lipinski definition) is 2. The first kappa shape index (κ1) is 18.0. The summed E-state index contributed by atoms with van der Waals surface area (Å²) in [5, 5.41) is 8.72. The van der Waals surface area contributed by atoms with Crippen molar-refractivity contribution in [3.63, 3.8) is 0 Å². The molecule has 1 aromatic rings. The van der Waals surface area contributed by atoms with Crippen LogP contribution < -0.4 is 4.72 Å². The molecule has 21 heavy (non-hydrogen) atoms. The molecule has 0 aliphatic rings. The Morgan fingerprint density at radius 2 is 1.86 bits per heavy atom. The number of rotatable bonds is 5. The molecule has 8 heteroatoms. The molecule has 2 atom stereocenters. The highest BCUT2D eigenvalue weighted by Gasteiger charge is 2.50. The van der Waals surface area contributed by atoms with Crippen molar-refractivity contribution in [3.8, 4) is 0 Å². The summed E-state index contributed by atoms with van der Waals surface area (Å²) in [4.78, 5) is 10.8. The van der Waals surface area contributed by atoms with Gasteiger partial charge >= 0.3 is 11.9 Å². The van der Waals surface area contributed by atoms with Gasteiger partial charge < -0.3 is 5.11 Å². The average molecular weight is 340 g/mol. The van der Waals surface area contributed by atoms with E-state index in [1.807, 2.05) is 0 Å². The van der Waals surface area contributed by atoms with E-state index in [-0.39, 0.29) is 10.6 Å². The zero-order chi connectivity index (χ0) is 16.4. The highest BCUT2D eigenvalue weighted by Crippen LogP contribution is 2.36. The molecule has 0 aliphatic carbocycles. The van der Waals surface area contributed by atoms with Gasteiger partial charge in [0.1, 0.15) is 6.04 Å². The van der Waals surface area contributed by atoms with Gasteiger partial charge in [-0.3, -0.25) is 0 Å². The molecule has 0 aliphatic heterocycles. The highest BCUT2D eigenvalue weighted by atomic mass is 35.5. The van der Waals surface area contributed by atoms with Crippen LogP contribution in [0.2, 0.25) is 5.02 Å². The molecule has 0 heterocycles. The topological polar surface area (TPSA) is 66.4 Å². The molecule has 0 saturated carbocycles. The summed E-state index contributed by atoms with van der Waals surface area (Å²) in [6, 6.07) is 3.63. The van der Waals surface area contributed by atoms with Gasteiger partial charge in [-0.15, -0.1) is 0 Å². The standard InChI is InChI=1S/C13H16ClF2NO3S/c1-12(2,3)21(20)17-10(13(15,16)11(18)19)8-6-4-5-7-9(8)14/h4-7,10,17H,1-3H3,(H,18,19)/t10-,21-/m0/s1. The summed E-state index contributed by atoms with van der Waals surface area (Å²) in [7, 11) is -1.89. The molecular formula is C13H16ClF2NO3S. The van der Waals surface area contributed by atoms with Crippen LogP contribution in [0.15, 0.2) is 24.3 Å². The summed E-state index contributed by atoms with van der Waals surface area (Å²) in [6.07, 6.45) is 0. The Balaban J connectivity index is 3.29. The second kappa shape index (κ2) is 6.37. The SMILES string of the molecule is CC(C)(C)[S@](=O)N[C@@H](c1ccccc1Cl)C(F)(F)C(=O)O. The quantitative estimate of drug-likeness (QED) is 0.866. The van der Waals surface area contributed by atoms with Crippen molar-refractivity contribution in [2.75, 3.05) is 0 Å². The molecule has 2 N–H and O–H groups in total. The van der Waals surface area contributed by atoms with E-state index in [4.69, 9.17) is 16.7 Å². The third-order valence-electron chi connectivity index (χ3n) is 2.65. The second-order valence-corrected chi connectivity index (χ2v) is 7.79. The minimum absolute atomic E-state index is 0.0261. The molecule has 0 saturated heterocycles. The molecule has 0 fully saturated rings. The number of carboxylic acids is 1. The molecule has 0 radical (unpaired) electrons. The van der Waals surface area contributed by atoms with E-state index in [9.17, 15) is 17.8 Å². The van der Waals surface area contributed by atoms with Crippen LogP contribution in [0.5, 0.6) is 0 Å². The molecule has 0 spiro atoms. The van der Waals surface area contributed by atoms with E-state index in [1.54, 1.807) is 20.8 Å². The minimum atomic E-state index is -4.16. The molecule has 0 amide bonds. The van der Waals surface area contributed by atoms with Gasteiger partial charge in [-0.25, -0.2) is 13.7 Å². The first-order valence-electron chi connectivity index (χ1n) is 6.01. The summed E-state index contributed by atoms with van der Waals surface area (Å²) in [5.74, 6) is -6.47. The van der Waals surface area contributed by atoms with E-state index in [1.165, 1.54) is 24.3 Å². The van der Waals surface area contributed by atoms with E-state index in [2.05, 4.69) is 4.72 Å². The number of carboxylic acid groups (broad SMARTS) is 1. The summed E-state index contributed by atoms with van der Waals surface area (Å²) < 4.78 is 41.4. The van der Waals surface area contributed by atoms with Gasteiger partial charge in [-0.1, -0.05) is 29.8 Å². The Morgan fingerprint density at radius 3 is 2.29 bits per heavy atom. The summed E-state index contributed by atoms with van der Waals surface area (Å²) >= 11 is 5.86. The zero-order valence-electron chi connectivity index (χ0n) is 11.7. The van der Waals surface area contributed by atoms with Crippen molar-refractivity contribution in [3.05, 3.63) is 34.9 Å². The van der Waals surface area contributed by atoms with Gasteiger partial charge in [-0.05, 0) is 32.4 Å². The summed E-state index contributed by atoms with van der Waals surface area (Å²) in [5.41, 5.74) is -0.121. The Kier molecular flexibility index (Phi) is 5.46. The van der Waals surface area contributed by atoms with Crippen LogP contribution in [0.1, 0.15) is 32.4 Å². The maximum absolute atomic E-state index is 14.0. The number of alkyl halides is 2. The van der Waals surface area contributed by atoms with E-state index < -0.39 is 33.7 Å². The molecular weight excluding hydrogens is 324 g/mol. The Bertz CT molecular complexity index is 561. The monoisotopic (exact) mass is 339 g/mol. The van der Waals surface area contributed by atoms with Crippen molar-refractivity contribution in [1.82, 2.24) is 4.72 Å². The first-order chi connectivity index (χ1) is 9.48. The number of aliphatic carboxylic acids is 1. The third-order valence-corrected chi connectivity index (χ3v) is 4.55. The lowest BCUT2D eigenvalue weighted by molar-refractivity contribution is -0.168. The van der Waals surface area contributed by atoms with Gasteiger partial charge in [-0.2, -0.15) is 8.78 Å². The fraction of sp³-hybridized carbons (Fsp3) is 0.462. The van der Waals surface area contributed by atoms with Crippen LogP contribution in [0.4, 0.5) is 8.78 Å². The van der Waals surface area contributed by atoms with Crippen LogP contribution in [0.25, 0.3) is 0 Å². The third kappa shape index (κ3) is 4.21. The van der Waals surface area contributed by atoms with Crippen LogP contribution in [0.3, 0.4) is 0 Å². The van der Waals surface area contributed by atoms with E-state index in [0.717, 1.165) is 0 Å². The molecule has 0 aromatic heterocycles. The Hall–Kier alpha value is -1.05. The van der Waals surface area contributed by atoms with Gasteiger partial charge in [0.2, 0.25) is 0 Å². The minimum Gasteiger partial charge on any atom is -0.477 e. The largest absolute Gasteiger partial charge is 0.477 e. The van der Waals surface area contributed by atoms with Gasteiger partial charge in [0.25, 0.3) is 0 Å². The predicted molar refractivity (Wildman–Crippen MR) is 77.8 cm³/mol. The Labute approximate surface area is 129 Å². The maximum Gasteiger partial charge on any atom is 0.376 e. The number of benzene rings is 1. The lowest BCUT2D eigenvalue weighted by atomic mass is 10.0. The molecule has 4 nitrogen and oxygen atoms in total. The summed E-state index contributed by atoms with van der Waals surface area (Å²) in [6.45, 7) is 4.75. The second-order valence-electron chi connectivity index (χ2n) is 5.38. The van der Waals surface area contributed by atoms with Crippen molar-refractivity contribution in [2.45, 2.75) is 37.5 Å². The molecule has 0 unspecified atom stereocenters. The average Bonchev–Trinajstić information content (AvgIpc) is 2.35. The first-order valence-corrected chi connectivity index (χ1v) is 7.54. The van der Waals surface area contributed by atoms with E-state index >= 15 is 0 Å². The zero-order valence-corrected chi connectivity index (χ0v) is 13.3. The molecule has 0 bridgehead atoms. The van der Waals surface area contributed by atoms with Crippen molar-refractivity contribution in [2.24, 2.45) is 0 Å². The molecule has 1 rings (SSSR count). The number of carbonyl (C=O) groups is 1. The lowest BCUT2D eigenvalue weighted by Gasteiger charge is -2.28. The number of hydrogen-bond donors (Lipinski definition) is 2. The smallest absolute Gasteiger partial charge is 0.376 e. The van der Waals surface area contributed by atoms with Crippen molar-refractivity contribution >= 4 is 28.6 Å². The lowest BCUT2D eigenvalue weighted by Crippen LogP contribution is -2.47. The van der Waals surface area contributed by atoms with Gasteiger partial charge in [0, 0.05) is 5.02 Å². The number of halogens is 3. The highest BCUT2D eigenvalue weighted by molar-refractivity contribution is 7.84. The fourth-order valence-electron chi connectivity index (χ4n) is 1.45. The normalized spacial score (nSPS) is 15.5. The van der Waals surface area contributed by atoms with Crippen molar-refractivity contribution in [1.29, 1.82) is 0 Å². The predicted octanol–water partition coefficient (Wildman–Crippen LogP) is 3.15. The van der Waals surface area contributed by atoms with Crippen LogP contribution in [-0.4, -0.2) is 26.0 Å². The van der Waals surface area contributed by atoms with E-state index in [0.29, 0.717) is 0 Å². The maximum atomic E-state index is 14.0.